The average Bonchev–Trinajstić information content (AvgIpc) is 3.06. The van der Waals surface area contributed by atoms with Gasteiger partial charge < -0.3 is 14.4 Å². The minimum absolute atomic E-state index is 0.312. The second-order valence-electron chi connectivity index (χ2n) is 7.21. The van der Waals surface area contributed by atoms with E-state index in [1.165, 1.54) is 12.8 Å². The number of nitrogens with zero attached hydrogens (tertiary/aromatic N) is 2. The highest BCUT2D eigenvalue weighted by atomic mass is 16.5. The molecule has 3 atom stereocenters. The Bertz CT molecular complexity index is 378. The summed E-state index contributed by atoms with van der Waals surface area (Å²) in [4.78, 5) is 17.3. The number of hydrogen-bond donors (Lipinski definition) is 0. The van der Waals surface area contributed by atoms with Crippen molar-refractivity contribution in [2.24, 2.45) is 5.92 Å². The third kappa shape index (κ3) is 4.46. The minimum Gasteiger partial charge on any atom is -0.379 e. The first-order chi connectivity index (χ1) is 11.3. The fourth-order valence-corrected chi connectivity index (χ4v) is 4.26. The average molecular weight is 324 g/mol. The van der Waals surface area contributed by atoms with Crippen molar-refractivity contribution in [2.75, 3.05) is 46.0 Å². The van der Waals surface area contributed by atoms with Gasteiger partial charge >= 0.3 is 0 Å². The molecule has 0 aromatic carbocycles. The zero-order valence-corrected chi connectivity index (χ0v) is 14.5. The molecule has 0 N–H and O–H groups in total. The van der Waals surface area contributed by atoms with Crippen LogP contribution in [0, 0.1) is 5.92 Å². The van der Waals surface area contributed by atoms with Crippen LogP contribution in [-0.2, 0) is 14.3 Å². The zero-order chi connectivity index (χ0) is 16.1. The Morgan fingerprint density at radius 1 is 1.13 bits per heavy atom. The van der Waals surface area contributed by atoms with E-state index in [0.29, 0.717) is 30.4 Å². The Balaban J connectivity index is 1.48. The summed E-state index contributed by atoms with van der Waals surface area (Å²) >= 11 is 0. The van der Waals surface area contributed by atoms with Crippen molar-refractivity contribution in [3.05, 3.63) is 0 Å². The van der Waals surface area contributed by atoms with Crippen molar-refractivity contribution < 1.29 is 14.3 Å². The summed E-state index contributed by atoms with van der Waals surface area (Å²) in [5.41, 5.74) is 0. The van der Waals surface area contributed by atoms with Crippen LogP contribution in [0.2, 0.25) is 0 Å². The summed E-state index contributed by atoms with van der Waals surface area (Å²) in [6, 6.07) is 0.527. The topological polar surface area (TPSA) is 42.0 Å². The van der Waals surface area contributed by atoms with Crippen LogP contribution in [0.1, 0.15) is 45.4 Å². The molecule has 132 valence electrons. The van der Waals surface area contributed by atoms with E-state index in [2.05, 4.69) is 16.7 Å². The maximum atomic E-state index is 12.6. The number of hydrogen-bond acceptors (Lipinski definition) is 4. The van der Waals surface area contributed by atoms with Crippen molar-refractivity contribution in [3.63, 3.8) is 0 Å². The van der Waals surface area contributed by atoms with Gasteiger partial charge in [-0.15, -0.1) is 0 Å². The second-order valence-corrected chi connectivity index (χ2v) is 7.21. The summed E-state index contributed by atoms with van der Waals surface area (Å²) in [6.45, 7) is 8.66. The molecule has 3 aliphatic heterocycles. The summed E-state index contributed by atoms with van der Waals surface area (Å²) in [7, 11) is 0. The highest BCUT2D eigenvalue weighted by Gasteiger charge is 2.37. The SMILES string of the molecule is CC[C@@H]1CN(C(=O)CC[C@H]2CCCCO2)C[C@H]1N1CCOCC1. The van der Waals surface area contributed by atoms with Crippen LogP contribution in [0.5, 0.6) is 0 Å². The van der Waals surface area contributed by atoms with Crippen molar-refractivity contribution >= 4 is 5.91 Å². The van der Waals surface area contributed by atoms with E-state index in [4.69, 9.17) is 9.47 Å². The number of amides is 1. The number of morpholine rings is 1. The van der Waals surface area contributed by atoms with Gasteiger partial charge in [-0.2, -0.15) is 0 Å². The Labute approximate surface area is 140 Å². The lowest BCUT2D eigenvalue weighted by Crippen LogP contribution is -2.47. The predicted octanol–water partition coefficient (Wildman–Crippen LogP) is 1.90. The lowest BCUT2D eigenvalue weighted by molar-refractivity contribution is -0.131. The van der Waals surface area contributed by atoms with Gasteiger partial charge in [-0.05, 0) is 31.6 Å². The largest absolute Gasteiger partial charge is 0.379 e. The third-order valence-electron chi connectivity index (χ3n) is 5.75. The summed E-state index contributed by atoms with van der Waals surface area (Å²) in [5, 5.41) is 0. The molecule has 0 radical (unpaired) electrons. The molecule has 3 fully saturated rings. The highest BCUT2D eigenvalue weighted by Crippen LogP contribution is 2.27. The Morgan fingerprint density at radius 3 is 2.65 bits per heavy atom. The predicted molar refractivity (Wildman–Crippen MR) is 89.4 cm³/mol. The normalized spacial score (nSPS) is 33.1. The molecule has 3 aliphatic rings. The van der Waals surface area contributed by atoms with Crippen LogP contribution in [0.4, 0.5) is 0 Å². The van der Waals surface area contributed by atoms with Gasteiger partial charge in [-0.25, -0.2) is 0 Å². The zero-order valence-electron chi connectivity index (χ0n) is 14.5. The van der Waals surface area contributed by atoms with E-state index in [9.17, 15) is 4.79 Å². The number of ether oxygens (including phenoxy) is 2. The van der Waals surface area contributed by atoms with Gasteiger partial charge in [0.1, 0.15) is 0 Å². The minimum atomic E-state index is 0.312. The number of likely N-dealkylation sites (tertiary alicyclic amines) is 1. The molecular weight excluding hydrogens is 292 g/mol. The summed E-state index contributed by atoms with van der Waals surface area (Å²) < 4.78 is 11.2. The van der Waals surface area contributed by atoms with Gasteiger partial charge in [0.2, 0.25) is 5.91 Å². The number of carbonyl (C=O) groups excluding carboxylic acids is 1. The molecule has 0 aromatic rings. The first-order valence-corrected chi connectivity index (χ1v) is 9.49. The molecule has 5 nitrogen and oxygen atoms in total. The number of rotatable bonds is 5. The van der Waals surface area contributed by atoms with Crippen molar-refractivity contribution in [3.8, 4) is 0 Å². The van der Waals surface area contributed by atoms with Crippen LogP contribution >= 0.6 is 0 Å². The lowest BCUT2D eigenvalue weighted by Gasteiger charge is -2.34. The van der Waals surface area contributed by atoms with Crippen LogP contribution in [0.25, 0.3) is 0 Å². The monoisotopic (exact) mass is 324 g/mol. The third-order valence-corrected chi connectivity index (χ3v) is 5.75. The molecular formula is C18H32N2O3. The standard InChI is InChI=1S/C18H32N2O3/c1-2-15-13-20(14-17(15)19-8-11-22-12-9-19)18(21)7-6-16-5-3-4-10-23-16/h15-17H,2-14H2,1H3/t15-,16-,17-/m1/s1. The van der Waals surface area contributed by atoms with Gasteiger partial charge in [0.25, 0.3) is 0 Å². The van der Waals surface area contributed by atoms with E-state index in [1.54, 1.807) is 0 Å². The molecule has 3 saturated heterocycles. The molecule has 0 unspecified atom stereocenters. The van der Waals surface area contributed by atoms with E-state index < -0.39 is 0 Å². The fourth-order valence-electron chi connectivity index (χ4n) is 4.26. The molecule has 0 saturated carbocycles. The molecule has 0 bridgehead atoms. The van der Waals surface area contributed by atoms with Gasteiger partial charge in [-0.1, -0.05) is 13.3 Å². The molecule has 23 heavy (non-hydrogen) atoms. The lowest BCUT2D eigenvalue weighted by atomic mass is 9.99. The second kappa shape index (κ2) is 8.45. The fraction of sp³-hybridized carbons (Fsp3) is 0.944. The maximum absolute atomic E-state index is 12.6. The van der Waals surface area contributed by atoms with E-state index >= 15 is 0 Å². The quantitative estimate of drug-likeness (QED) is 0.775. The summed E-state index contributed by atoms with van der Waals surface area (Å²) in [6.07, 6.45) is 6.56. The molecule has 0 aromatic heterocycles. The van der Waals surface area contributed by atoms with Crippen molar-refractivity contribution in [1.82, 2.24) is 9.80 Å². The molecule has 5 heteroatoms. The Morgan fingerprint density at radius 2 is 1.96 bits per heavy atom. The van der Waals surface area contributed by atoms with E-state index in [1.807, 2.05) is 0 Å². The van der Waals surface area contributed by atoms with Crippen LogP contribution in [0.15, 0.2) is 0 Å². The van der Waals surface area contributed by atoms with Crippen molar-refractivity contribution in [2.45, 2.75) is 57.6 Å². The molecule has 0 spiro atoms. The number of carbonyl (C=O) groups is 1. The maximum Gasteiger partial charge on any atom is 0.222 e. The van der Waals surface area contributed by atoms with Crippen LogP contribution < -0.4 is 0 Å². The van der Waals surface area contributed by atoms with Crippen LogP contribution in [-0.4, -0.2) is 73.9 Å². The van der Waals surface area contributed by atoms with Gasteiger partial charge in [0.15, 0.2) is 0 Å². The molecule has 1 amide bonds. The molecule has 3 heterocycles. The van der Waals surface area contributed by atoms with E-state index in [-0.39, 0.29) is 0 Å². The first kappa shape index (κ1) is 17.2. The van der Waals surface area contributed by atoms with Gasteiger partial charge in [-0.3, -0.25) is 9.69 Å². The van der Waals surface area contributed by atoms with Crippen LogP contribution in [0.3, 0.4) is 0 Å². The summed E-state index contributed by atoms with van der Waals surface area (Å²) in [5.74, 6) is 0.941. The first-order valence-electron chi connectivity index (χ1n) is 9.49. The Kier molecular flexibility index (Phi) is 6.31. The van der Waals surface area contributed by atoms with Gasteiger partial charge in [0.05, 0.1) is 19.3 Å². The molecule has 0 aliphatic carbocycles. The van der Waals surface area contributed by atoms with Gasteiger partial charge in [0, 0.05) is 45.2 Å². The molecule has 3 rings (SSSR count). The Hall–Kier alpha value is -0.650. The van der Waals surface area contributed by atoms with Crippen molar-refractivity contribution in [1.29, 1.82) is 0 Å². The highest BCUT2D eigenvalue weighted by molar-refractivity contribution is 5.76. The van der Waals surface area contributed by atoms with E-state index in [0.717, 1.165) is 65.3 Å². The smallest absolute Gasteiger partial charge is 0.222 e.